The van der Waals surface area contributed by atoms with Crippen molar-refractivity contribution < 1.29 is 18.8 Å². The summed E-state index contributed by atoms with van der Waals surface area (Å²) in [7, 11) is -2.21. The summed E-state index contributed by atoms with van der Waals surface area (Å²) in [5.74, 6) is -0.765. The molecule has 0 saturated carbocycles. The maximum atomic E-state index is 12.8. The van der Waals surface area contributed by atoms with Crippen molar-refractivity contribution >= 4 is 19.1 Å². The molecule has 0 aliphatic rings. The molecule has 0 aromatic heterocycles. The molecule has 0 fully saturated rings. The largest absolute Gasteiger partial charge is 0.462 e. The van der Waals surface area contributed by atoms with Gasteiger partial charge in [-0.2, -0.15) is 0 Å². The summed E-state index contributed by atoms with van der Waals surface area (Å²) < 4.78 is 23.8. The molecule has 0 saturated heterocycles. The first-order chi connectivity index (χ1) is 11.6. The van der Waals surface area contributed by atoms with Gasteiger partial charge in [0.05, 0.1) is 12.2 Å². The smallest absolute Gasteiger partial charge is 0.338 e. The lowest BCUT2D eigenvalue weighted by atomic mass is 10.2. The molecule has 1 aromatic carbocycles. The third kappa shape index (κ3) is 7.19. The summed E-state index contributed by atoms with van der Waals surface area (Å²) in [6.07, 6.45) is 6.17. The Balaban J connectivity index is 2.66. The van der Waals surface area contributed by atoms with Crippen LogP contribution >= 0.6 is 7.80 Å². The van der Waals surface area contributed by atoms with Crippen LogP contribution in [0.4, 0.5) is 0 Å². The Kier molecular flexibility index (Phi) is 10.7. The van der Waals surface area contributed by atoms with Gasteiger partial charge < -0.3 is 14.0 Å². The molecule has 0 aliphatic heterocycles. The molecule has 0 N–H and O–H groups in total. The average molecular weight is 354 g/mol. The van der Waals surface area contributed by atoms with Gasteiger partial charge >= 0.3 is 5.97 Å². The topological polar surface area (TPSA) is 52.6 Å². The van der Waals surface area contributed by atoms with E-state index >= 15 is 0 Å². The molecular weight excluding hydrogens is 323 g/mol. The second kappa shape index (κ2) is 12.3. The number of benzene rings is 1. The minimum Gasteiger partial charge on any atom is -0.462 e. The SMILES string of the molecule is CCCCCOC(=O)c1ccccc1[PH](=O)C(C)OCCCCC. The van der Waals surface area contributed by atoms with Crippen LogP contribution in [0, 0.1) is 0 Å². The van der Waals surface area contributed by atoms with E-state index < -0.39 is 13.8 Å². The van der Waals surface area contributed by atoms with Crippen molar-refractivity contribution in [1.82, 2.24) is 0 Å². The maximum absolute atomic E-state index is 12.8. The molecule has 0 spiro atoms. The summed E-state index contributed by atoms with van der Waals surface area (Å²) in [5.41, 5.74) is 0.405. The fourth-order valence-corrected chi connectivity index (χ4v) is 3.80. The highest BCUT2D eigenvalue weighted by atomic mass is 31.1. The van der Waals surface area contributed by atoms with Crippen molar-refractivity contribution in [2.75, 3.05) is 13.2 Å². The summed E-state index contributed by atoms with van der Waals surface area (Å²) in [4.78, 5) is 12.3. The standard InChI is InChI=1S/C19H31O4P/c1-4-6-10-14-22-16(3)24(21)18-13-9-8-12-17(18)19(20)23-15-11-7-5-2/h8-9,12-13,16,24H,4-7,10-11,14-15H2,1-3H3. The molecule has 1 rings (SSSR count). The third-order valence-electron chi connectivity index (χ3n) is 3.88. The number of hydrogen-bond acceptors (Lipinski definition) is 4. The fourth-order valence-electron chi connectivity index (χ4n) is 2.38. The lowest BCUT2D eigenvalue weighted by Gasteiger charge is -2.15. The van der Waals surface area contributed by atoms with Gasteiger partial charge in [0.25, 0.3) is 0 Å². The second-order valence-electron chi connectivity index (χ2n) is 5.97. The van der Waals surface area contributed by atoms with Crippen LogP contribution in [-0.4, -0.2) is 25.0 Å². The van der Waals surface area contributed by atoms with Gasteiger partial charge in [-0.25, -0.2) is 4.79 Å². The predicted molar refractivity (Wildman–Crippen MR) is 99.8 cm³/mol. The van der Waals surface area contributed by atoms with Crippen LogP contribution in [0.1, 0.15) is 69.7 Å². The lowest BCUT2D eigenvalue weighted by molar-refractivity contribution is 0.0499. The number of ether oxygens (including phenoxy) is 2. The molecule has 2 unspecified atom stereocenters. The summed E-state index contributed by atoms with van der Waals surface area (Å²) in [5, 5.41) is 0.561. The van der Waals surface area contributed by atoms with Crippen LogP contribution in [-0.2, 0) is 14.0 Å². The molecule has 0 aliphatic carbocycles. The average Bonchev–Trinajstić information content (AvgIpc) is 2.61. The van der Waals surface area contributed by atoms with Gasteiger partial charge in [0, 0.05) is 11.9 Å². The summed E-state index contributed by atoms with van der Waals surface area (Å²) >= 11 is 0. The van der Waals surface area contributed by atoms with Crippen LogP contribution in [0.2, 0.25) is 0 Å². The van der Waals surface area contributed by atoms with Crippen molar-refractivity contribution in [3.05, 3.63) is 29.8 Å². The molecule has 2 atom stereocenters. The molecule has 0 heterocycles. The van der Waals surface area contributed by atoms with Crippen LogP contribution in [0.25, 0.3) is 0 Å². The Morgan fingerprint density at radius 1 is 1.04 bits per heavy atom. The minimum absolute atomic E-state index is 0.374. The molecule has 0 amide bonds. The first kappa shape index (κ1) is 20.9. The Morgan fingerprint density at radius 3 is 2.33 bits per heavy atom. The molecule has 136 valence electrons. The fraction of sp³-hybridized carbons (Fsp3) is 0.632. The number of hydrogen-bond donors (Lipinski definition) is 0. The van der Waals surface area contributed by atoms with Crippen LogP contribution < -0.4 is 5.30 Å². The molecule has 5 heteroatoms. The van der Waals surface area contributed by atoms with E-state index in [9.17, 15) is 9.36 Å². The van der Waals surface area contributed by atoms with Crippen LogP contribution in [0.15, 0.2) is 24.3 Å². The van der Waals surface area contributed by atoms with E-state index in [1.54, 1.807) is 24.3 Å². The van der Waals surface area contributed by atoms with Gasteiger partial charge in [0.1, 0.15) is 13.6 Å². The van der Waals surface area contributed by atoms with Crippen molar-refractivity contribution in [3.63, 3.8) is 0 Å². The first-order valence-corrected chi connectivity index (χ1v) is 10.5. The van der Waals surface area contributed by atoms with Gasteiger partial charge in [-0.05, 0) is 25.8 Å². The maximum Gasteiger partial charge on any atom is 0.338 e. The van der Waals surface area contributed by atoms with Crippen LogP contribution in [0.5, 0.6) is 0 Å². The Hall–Kier alpha value is -1.12. The first-order valence-electron chi connectivity index (χ1n) is 9.03. The molecule has 0 bridgehead atoms. The highest BCUT2D eigenvalue weighted by Gasteiger charge is 2.21. The number of carbonyl (C=O) groups excluding carboxylic acids is 1. The predicted octanol–water partition coefficient (Wildman–Crippen LogP) is 4.77. The van der Waals surface area contributed by atoms with E-state index in [1.807, 2.05) is 6.92 Å². The highest BCUT2D eigenvalue weighted by molar-refractivity contribution is 7.54. The van der Waals surface area contributed by atoms with E-state index in [0.717, 1.165) is 38.5 Å². The van der Waals surface area contributed by atoms with Gasteiger partial charge in [0.15, 0.2) is 0 Å². The van der Waals surface area contributed by atoms with Gasteiger partial charge in [0.2, 0.25) is 0 Å². The second-order valence-corrected chi connectivity index (χ2v) is 8.05. The lowest BCUT2D eigenvalue weighted by Crippen LogP contribution is -2.19. The third-order valence-corrected chi connectivity index (χ3v) is 5.75. The van der Waals surface area contributed by atoms with Gasteiger partial charge in [-0.15, -0.1) is 0 Å². The molecule has 1 aromatic rings. The van der Waals surface area contributed by atoms with E-state index in [4.69, 9.17) is 9.47 Å². The zero-order chi connectivity index (χ0) is 17.8. The molecule has 24 heavy (non-hydrogen) atoms. The van der Waals surface area contributed by atoms with Crippen molar-refractivity contribution in [2.45, 2.75) is 65.1 Å². The van der Waals surface area contributed by atoms with E-state index in [2.05, 4.69) is 13.8 Å². The Labute approximate surface area is 146 Å². The minimum atomic E-state index is -2.21. The number of unbranched alkanes of at least 4 members (excludes halogenated alkanes) is 4. The zero-order valence-electron chi connectivity index (χ0n) is 15.2. The van der Waals surface area contributed by atoms with E-state index in [0.29, 0.717) is 24.1 Å². The normalized spacial score (nSPS) is 13.5. The Morgan fingerprint density at radius 2 is 1.67 bits per heavy atom. The van der Waals surface area contributed by atoms with Crippen molar-refractivity contribution in [2.24, 2.45) is 0 Å². The van der Waals surface area contributed by atoms with Gasteiger partial charge in [-0.1, -0.05) is 57.7 Å². The molecule has 0 radical (unpaired) electrons. The van der Waals surface area contributed by atoms with Gasteiger partial charge in [-0.3, -0.25) is 0 Å². The Bertz CT molecular complexity index is 516. The monoisotopic (exact) mass is 354 g/mol. The van der Waals surface area contributed by atoms with E-state index in [-0.39, 0.29) is 5.85 Å². The zero-order valence-corrected chi connectivity index (χ0v) is 16.2. The number of carbonyl (C=O) groups is 1. The number of esters is 1. The number of rotatable bonds is 12. The summed E-state index contributed by atoms with van der Waals surface area (Å²) in [6, 6.07) is 7.00. The molecule has 4 nitrogen and oxygen atoms in total. The highest BCUT2D eigenvalue weighted by Crippen LogP contribution is 2.30. The summed E-state index contributed by atoms with van der Waals surface area (Å²) in [6.45, 7) is 7.07. The van der Waals surface area contributed by atoms with Crippen LogP contribution in [0.3, 0.4) is 0 Å². The van der Waals surface area contributed by atoms with Crippen molar-refractivity contribution in [3.8, 4) is 0 Å². The van der Waals surface area contributed by atoms with Crippen molar-refractivity contribution in [1.29, 1.82) is 0 Å². The van der Waals surface area contributed by atoms with E-state index in [1.165, 1.54) is 0 Å². The molecular formula is C19H31O4P. The quantitative estimate of drug-likeness (QED) is 0.308.